The second kappa shape index (κ2) is 8.43. The molecule has 7 heteroatoms. The molecule has 1 atom stereocenters. The predicted octanol–water partition coefficient (Wildman–Crippen LogP) is 3.28. The lowest BCUT2D eigenvalue weighted by Crippen LogP contribution is -2.29. The monoisotopic (exact) mass is 390 g/mol. The molecule has 6 nitrogen and oxygen atoms in total. The van der Waals surface area contributed by atoms with E-state index in [4.69, 9.17) is 4.74 Å². The van der Waals surface area contributed by atoms with Crippen LogP contribution in [0, 0.1) is 6.92 Å². The number of aryl methyl sites for hydroxylation is 1. The first kappa shape index (κ1) is 20.8. The van der Waals surface area contributed by atoms with E-state index >= 15 is 0 Å². The van der Waals surface area contributed by atoms with Gasteiger partial charge in [-0.1, -0.05) is 25.1 Å². The Hall–Kier alpha value is -2.54. The van der Waals surface area contributed by atoms with Gasteiger partial charge in [0.2, 0.25) is 10.0 Å². The maximum atomic E-state index is 12.7. The summed E-state index contributed by atoms with van der Waals surface area (Å²) >= 11 is 0. The standard InChI is InChI=1S/C20H26N2O4S/c1-6-18(15-9-11-17(26-4)12-10-15)21-20(23)16-8-7-14(2)19(13-16)22(3)27(5,24)25/h7-13,18H,6H2,1-5H3,(H,21,23)/t18-/m1/s1. The van der Waals surface area contributed by atoms with E-state index in [2.05, 4.69) is 5.32 Å². The third kappa shape index (κ3) is 5.01. The number of anilines is 1. The number of sulfonamides is 1. The Labute approximate surface area is 161 Å². The largest absolute Gasteiger partial charge is 0.497 e. The zero-order valence-corrected chi connectivity index (χ0v) is 17.1. The lowest BCUT2D eigenvalue weighted by molar-refractivity contribution is 0.0935. The Balaban J connectivity index is 2.25. The van der Waals surface area contributed by atoms with Gasteiger partial charge in [-0.05, 0) is 48.7 Å². The van der Waals surface area contributed by atoms with Gasteiger partial charge in [0.15, 0.2) is 0 Å². The normalized spacial score (nSPS) is 12.3. The van der Waals surface area contributed by atoms with Crippen molar-refractivity contribution in [2.75, 3.05) is 24.7 Å². The average Bonchev–Trinajstić information content (AvgIpc) is 2.65. The minimum Gasteiger partial charge on any atom is -0.497 e. The molecular weight excluding hydrogens is 364 g/mol. The summed E-state index contributed by atoms with van der Waals surface area (Å²) in [6, 6.07) is 12.5. The molecule has 0 bridgehead atoms. The third-order valence-corrected chi connectivity index (χ3v) is 5.73. The molecule has 0 aromatic heterocycles. The zero-order valence-electron chi connectivity index (χ0n) is 16.3. The number of nitrogens with one attached hydrogen (secondary N) is 1. The van der Waals surface area contributed by atoms with E-state index in [1.165, 1.54) is 11.4 Å². The van der Waals surface area contributed by atoms with E-state index in [1.54, 1.807) is 25.3 Å². The van der Waals surface area contributed by atoms with Crippen molar-refractivity contribution in [3.8, 4) is 5.75 Å². The summed E-state index contributed by atoms with van der Waals surface area (Å²) in [5.41, 5.74) is 2.66. The molecule has 0 aliphatic carbocycles. The zero-order chi connectivity index (χ0) is 20.2. The van der Waals surface area contributed by atoms with Gasteiger partial charge in [0.1, 0.15) is 5.75 Å². The second-order valence-electron chi connectivity index (χ2n) is 6.44. The van der Waals surface area contributed by atoms with E-state index in [9.17, 15) is 13.2 Å². The Bertz CT molecular complexity index is 908. The van der Waals surface area contributed by atoms with E-state index in [1.807, 2.05) is 38.1 Å². The van der Waals surface area contributed by atoms with Crippen LogP contribution in [0.15, 0.2) is 42.5 Å². The fourth-order valence-corrected chi connectivity index (χ4v) is 3.32. The van der Waals surface area contributed by atoms with E-state index in [0.717, 1.165) is 29.6 Å². The number of benzene rings is 2. The number of carbonyl (C=O) groups is 1. The van der Waals surface area contributed by atoms with Crippen molar-refractivity contribution in [1.82, 2.24) is 5.32 Å². The molecule has 2 rings (SSSR count). The fraction of sp³-hybridized carbons (Fsp3) is 0.350. The molecule has 2 aromatic rings. The van der Waals surface area contributed by atoms with E-state index < -0.39 is 10.0 Å². The molecule has 2 aromatic carbocycles. The maximum absolute atomic E-state index is 12.7. The topological polar surface area (TPSA) is 75.7 Å². The van der Waals surface area contributed by atoms with Crippen LogP contribution in [0.3, 0.4) is 0 Å². The summed E-state index contributed by atoms with van der Waals surface area (Å²) in [6.07, 6.45) is 1.86. The van der Waals surface area contributed by atoms with Crippen molar-refractivity contribution in [2.24, 2.45) is 0 Å². The van der Waals surface area contributed by atoms with Crippen LogP contribution in [0.2, 0.25) is 0 Å². The average molecular weight is 391 g/mol. The first-order valence-electron chi connectivity index (χ1n) is 8.66. The van der Waals surface area contributed by atoms with E-state index in [0.29, 0.717) is 11.3 Å². The number of hydrogen-bond donors (Lipinski definition) is 1. The van der Waals surface area contributed by atoms with Gasteiger partial charge >= 0.3 is 0 Å². The number of rotatable bonds is 7. The van der Waals surface area contributed by atoms with Gasteiger partial charge in [0, 0.05) is 12.6 Å². The first-order chi connectivity index (χ1) is 12.7. The van der Waals surface area contributed by atoms with Crippen LogP contribution in [0.5, 0.6) is 5.75 Å². The Kier molecular flexibility index (Phi) is 6.49. The summed E-state index contributed by atoms with van der Waals surface area (Å²) in [6.45, 7) is 3.80. The number of nitrogens with zero attached hydrogens (tertiary/aromatic N) is 1. The molecule has 0 heterocycles. The predicted molar refractivity (Wildman–Crippen MR) is 108 cm³/mol. The molecule has 0 aliphatic rings. The maximum Gasteiger partial charge on any atom is 0.251 e. The molecule has 0 unspecified atom stereocenters. The lowest BCUT2D eigenvalue weighted by Gasteiger charge is -2.21. The molecule has 0 spiro atoms. The SMILES string of the molecule is CC[C@@H](NC(=O)c1ccc(C)c(N(C)S(C)(=O)=O)c1)c1ccc(OC)cc1. The van der Waals surface area contributed by atoms with Crippen molar-refractivity contribution in [3.05, 3.63) is 59.2 Å². The van der Waals surface area contributed by atoms with Crippen LogP contribution in [-0.4, -0.2) is 34.7 Å². The summed E-state index contributed by atoms with van der Waals surface area (Å²) in [5.74, 6) is 0.507. The number of amides is 1. The summed E-state index contributed by atoms with van der Waals surface area (Å²) in [5, 5.41) is 3.01. The molecule has 146 valence electrons. The lowest BCUT2D eigenvalue weighted by atomic mass is 10.0. The van der Waals surface area contributed by atoms with Crippen molar-refractivity contribution in [1.29, 1.82) is 0 Å². The second-order valence-corrected chi connectivity index (χ2v) is 8.45. The quantitative estimate of drug-likeness (QED) is 0.787. The van der Waals surface area contributed by atoms with Crippen LogP contribution in [0.4, 0.5) is 5.69 Å². The van der Waals surface area contributed by atoms with Crippen molar-refractivity contribution in [3.63, 3.8) is 0 Å². The molecule has 1 N–H and O–H groups in total. The van der Waals surface area contributed by atoms with Gasteiger partial charge in [-0.3, -0.25) is 9.10 Å². The number of hydrogen-bond acceptors (Lipinski definition) is 4. The van der Waals surface area contributed by atoms with E-state index in [-0.39, 0.29) is 11.9 Å². The minimum atomic E-state index is -3.41. The highest BCUT2D eigenvalue weighted by molar-refractivity contribution is 7.92. The van der Waals surface area contributed by atoms with Gasteiger partial charge in [0.25, 0.3) is 5.91 Å². The Morgan fingerprint density at radius 1 is 1.19 bits per heavy atom. The molecule has 27 heavy (non-hydrogen) atoms. The third-order valence-electron chi connectivity index (χ3n) is 4.54. The van der Waals surface area contributed by atoms with Gasteiger partial charge in [-0.15, -0.1) is 0 Å². The highest BCUT2D eigenvalue weighted by Gasteiger charge is 2.18. The highest BCUT2D eigenvalue weighted by Crippen LogP contribution is 2.24. The van der Waals surface area contributed by atoms with Crippen molar-refractivity contribution < 1.29 is 17.9 Å². The summed E-state index contributed by atoms with van der Waals surface area (Å²) < 4.78 is 30.0. The van der Waals surface area contributed by atoms with Gasteiger partial charge in [0.05, 0.1) is 25.1 Å². The molecule has 1 amide bonds. The minimum absolute atomic E-state index is 0.152. The fourth-order valence-electron chi connectivity index (χ4n) is 2.77. The van der Waals surface area contributed by atoms with Crippen LogP contribution >= 0.6 is 0 Å². The summed E-state index contributed by atoms with van der Waals surface area (Å²) in [7, 11) is -0.323. The van der Waals surface area contributed by atoms with Crippen LogP contribution in [0.25, 0.3) is 0 Å². The van der Waals surface area contributed by atoms with Gasteiger partial charge in [-0.2, -0.15) is 0 Å². The molecule has 0 fully saturated rings. The molecule has 0 saturated carbocycles. The van der Waals surface area contributed by atoms with Crippen LogP contribution in [0.1, 0.15) is 40.9 Å². The van der Waals surface area contributed by atoms with Gasteiger partial charge < -0.3 is 10.1 Å². The smallest absolute Gasteiger partial charge is 0.251 e. The molecule has 0 saturated heterocycles. The number of ether oxygens (including phenoxy) is 1. The highest BCUT2D eigenvalue weighted by atomic mass is 32.2. The summed E-state index contributed by atoms with van der Waals surface area (Å²) in [4.78, 5) is 12.7. The Morgan fingerprint density at radius 3 is 2.33 bits per heavy atom. The molecule has 0 radical (unpaired) electrons. The van der Waals surface area contributed by atoms with Crippen LogP contribution < -0.4 is 14.4 Å². The van der Waals surface area contributed by atoms with Crippen LogP contribution in [-0.2, 0) is 10.0 Å². The Morgan fingerprint density at radius 2 is 1.81 bits per heavy atom. The molecule has 0 aliphatic heterocycles. The molecular formula is C20H26N2O4S. The first-order valence-corrected chi connectivity index (χ1v) is 10.5. The van der Waals surface area contributed by atoms with Crippen molar-refractivity contribution >= 4 is 21.6 Å². The number of carbonyl (C=O) groups excluding carboxylic acids is 1. The van der Waals surface area contributed by atoms with Crippen molar-refractivity contribution in [2.45, 2.75) is 26.3 Å². The number of methoxy groups -OCH3 is 1. The van der Waals surface area contributed by atoms with Gasteiger partial charge in [-0.25, -0.2) is 8.42 Å².